The third-order valence-electron chi connectivity index (χ3n) is 12.0. The standard InChI is InChI=1S/C33H51NO2/c1-22(2)9-6-10-23(3)27-16-17-28-26-15-14-25-12-7-13-30(36-31(35)24-11-8-20-34-21-24)33(25,5)29(26)18-19-32(27,28)4/h8,11,20-23,25-30H,6-7,9-10,12-19H2,1-5H3/t23-,25?,26+,27-,28+,29+,30?,32-,33+/m1/s1. The molecule has 0 bridgehead atoms. The van der Waals surface area contributed by atoms with Crippen LogP contribution in [0.4, 0.5) is 0 Å². The fourth-order valence-corrected chi connectivity index (χ4v) is 10.2. The number of hydrogen-bond donors (Lipinski definition) is 0. The zero-order valence-electron chi connectivity index (χ0n) is 23.7. The monoisotopic (exact) mass is 493 g/mol. The molecule has 200 valence electrons. The first-order valence-corrected chi connectivity index (χ1v) is 15.4. The summed E-state index contributed by atoms with van der Waals surface area (Å²) in [6.07, 6.45) is 19.5. The fraction of sp³-hybridized carbons (Fsp3) is 0.818. The second-order valence-electron chi connectivity index (χ2n) is 14.1. The van der Waals surface area contributed by atoms with Crippen LogP contribution < -0.4 is 0 Å². The molecule has 0 radical (unpaired) electrons. The third-order valence-corrected chi connectivity index (χ3v) is 12.0. The fourth-order valence-electron chi connectivity index (χ4n) is 10.2. The lowest BCUT2D eigenvalue weighted by Gasteiger charge is -2.62. The molecule has 0 amide bonds. The molecule has 0 saturated heterocycles. The Morgan fingerprint density at radius 1 is 1.03 bits per heavy atom. The zero-order chi connectivity index (χ0) is 25.5. The molecule has 1 heterocycles. The van der Waals surface area contributed by atoms with Gasteiger partial charge in [-0.2, -0.15) is 0 Å². The van der Waals surface area contributed by atoms with Crippen LogP contribution >= 0.6 is 0 Å². The molecule has 4 aliphatic carbocycles. The van der Waals surface area contributed by atoms with Gasteiger partial charge in [-0.1, -0.05) is 53.9 Å². The van der Waals surface area contributed by atoms with Crippen molar-refractivity contribution in [2.75, 3.05) is 0 Å². The van der Waals surface area contributed by atoms with Gasteiger partial charge in [0.25, 0.3) is 0 Å². The molecule has 0 aromatic carbocycles. The van der Waals surface area contributed by atoms with E-state index in [1.54, 1.807) is 12.4 Å². The number of pyridine rings is 1. The van der Waals surface area contributed by atoms with E-state index in [0.29, 0.717) is 22.8 Å². The molecule has 2 unspecified atom stereocenters. The number of ether oxygens (including phenoxy) is 1. The molecule has 36 heavy (non-hydrogen) atoms. The van der Waals surface area contributed by atoms with Gasteiger partial charge in [-0.15, -0.1) is 0 Å². The van der Waals surface area contributed by atoms with E-state index < -0.39 is 0 Å². The van der Waals surface area contributed by atoms with E-state index in [4.69, 9.17) is 4.74 Å². The Labute approximate surface area is 220 Å². The summed E-state index contributed by atoms with van der Waals surface area (Å²) in [5, 5.41) is 0. The van der Waals surface area contributed by atoms with E-state index in [2.05, 4.69) is 39.6 Å². The average Bonchev–Trinajstić information content (AvgIpc) is 3.22. The van der Waals surface area contributed by atoms with E-state index in [1.807, 2.05) is 12.1 Å². The normalized spacial score (nSPS) is 40.7. The summed E-state index contributed by atoms with van der Waals surface area (Å²) in [6, 6.07) is 3.68. The van der Waals surface area contributed by atoms with Gasteiger partial charge in [0, 0.05) is 17.8 Å². The first-order chi connectivity index (χ1) is 17.2. The molecule has 0 spiro atoms. The molecule has 1 aromatic rings. The van der Waals surface area contributed by atoms with Crippen LogP contribution in [0, 0.1) is 52.3 Å². The van der Waals surface area contributed by atoms with Crippen LogP contribution in [-0.4, -0.2) is 17.1 Å². The Morgan fingerprint density at radius 2 is 1.86 bits per heavy atom. The Hall–Kier alpha value is -1.38. The van der Waals surface area contributed by atoms with E-state index in [-0.39, 0.29) is 17.5 Å². The van der Waals surface area contributed by atoms with Crippen LogP contribution in [0.25, 0.3) is 0 Å². The maximum atomic E-state index is 13.1. The molecule has 1 aromatic heterocycles. The van der Waals surface area contributed by atoms with E-state index >= 15 is 0 Å². The van der Waals surface area contributed by atoms with Crippen molar-refractivity contribution >= 4 is 5.97 Å². The predicted octanol–water partition coefficient (Wildman–Crippen LogP) is 8.73. The van der Waals surface area contributed by atoms with Crippen molar-refractivity contribution in [3.05, 3.63) is 30.1 Å². The molecule has 9 atom stereocenters. The molecular formula is C33H51NO2. The number of carbonyl (C=O) groups excluding carboxylic acids is 1. The minimum absolute atomic E-state index is 0.0493. The van der Waals surface area contributed by atoms with Crippen molar-refractivity contribution in [2.24, 2.45) is 52.3 Å². The van der Waals surface area contributed by atoms with Crippen LogP contribution in [0.3, 0.4) is 0 Å². The third kappa shape index (κ3) is 4.55. The van der Waals surface area contributed by atoms with Gasteiger partial charge in [0.15, 0.2) is 0 Å². The molecule has 5 rings (SSSR count). The van der Waals surface area contributed by atoms with Crippen molar-refractivity contribution in [1.82, 2.24) is 4.98 Å². The number of carbonyl (C=O) groups is 1. The number of rotatable bonds is 7. The molecule has 0 N–H and O–H groups in total. The molecule has 3 nitrogen and oxygen atoms in total. The summed E-state index contributed by atoms with van der Waals surface area (Å²) in [6.45, 7) is 12.5. The second kappa shape index (κ2) is 10.4. The highest BCUT2D eigenvalue weighted by molar-refractivity contribution is 5.89. The quantitative estimate of drug-likeness (QED) is 0.356. The number of aromatic nitrogens is 1. The molecule has 3 heteroatoms. The van der Waals surface area contributed by atoms with Crippen molar-refractivity contribution in [2.45, 2.75) is 118 Å². The van der Waals surface area contributed by atoms with Gasteiger partial charge in [0.2, 0.25) is 0 Å². The topological polar surface area (TPSA) is 39.2 Å². The number of hydrogen-bond acceptors (Lipinski definition) is 3. The Bertz CT molecular complexity index is 898. The Kier molecular flexibility index (Phi) is 7.59. The highest BCUT2D eigenvalue weighted by Gasteiger charge is 2.62. The molecule has 0 aliphatic heterocycles. The van der Waals surface area contributed by atoms with Crippen LogP contribution in [0.2, 0.25) is 0 Å². The Morgan fingerprint density at radius 3 is 2.61 bits per heavy atom. The maximum absolute atomic E-state index is 13.1. The van der Waals surface area contributed by atoms with Gasteiger partial charge in [-0.3, -0.25) is 4.98 Å². The SMILES string of the molecule is CC(C)CCC[C@@H](C)[C@H]1CC[C@H]2[C@@H]3CCC4CCCC(OC(=O)c5cccnc5)[C@]4(C)[C@H]3CC[C@]12C. The summed E-state index contributed by atoms with van der Waals surface area (Å²) < 4.78 is 6.38. The molecule has 4 aliphatic rings. The minimum atomic E-state index is -0.172. The van der Waals surface area contributed by atoms with Gasteiger partial charge in [0.05, 0.1) is 5.56 Å². The van der Waals surface area contributed by atoms with Crippen molar-refractivity contribution in [3.63, 3.8) is 0 Å². The largest absolute Gasteiger partial charge is 0.458 e. The van der Waals surface area contributed by atoms with Crippen LogP contribution in [0.15, 0.2) is 24.5 Å². The number of fused-ring (bicyclic) bond motifs is 5. The molecular weight excluding hydrogens is 442 g/mol. The highest BCUT2D eigenvalue weighted by atomic mass is 16.5. The molecule has 4 fully saturated rings. The van der Waals surface area contributed by atoms with Gasteiger partial charge >= 0.3 is 5.97 Å². The summed E-state index contributed by atoms with van der Waals surface area (Å²) >= 11 is 0. The number of nitrogens with zero attached hydrogens (tertiary/aromatic N) is 1. The average molecular weight is 494 g/mol. The minimum Gasteiger partial charge on any atom is -0.458 e. The van der Waals surface area contributed by atoms with Gasteiger partial charge in [0.1, 0.15) is 6.10 Å². The van der Waals surface area contributed by atoms with Crippen LogP contribution in [0.5, 0.6) is 0 Å². The predicted molar refractivity (Wildman–Crippen MR) is 147 cm³/mol. The lowest BCUT2D eigenvalue weighted by Crippen LogP contribution is -2.58. The van der Waals surface area contributed by atoms with Crippen LogP contribution in [0.1, 0.15) is 122 Å². The molecule has 4 saturated carbocycles. The maximum Gasteiger partial charge on any atom is 0.339 e. The lowest BCUT2D eigenvalue weighted by atomic mass is 9.44. The van der Waals surface area contributed by atoms with Crippen molar-refractivity contribution in [1.29, 1.82) is 0 Å². The van der Waals surface area contributed by atoms with Crippen molar-refractivity contribution < 1.29 is 9.53 Å². The van der Waals surface area contributed by atoms with Gasteiger partial charge < -0.3 is 4.74 Å². The van der Waals surface area contributed by atoms with Gasteiger partial charge in [-0.05, 0) is 117 Å². The lowest BCUT2D eigenvalue weighted by molar-refractivity contribution is -0.166. The van der Waals surface area contributed by atoms with E-state index in [9.17, 15) is 4.79 Å². The van der Waals surface area contributed by atoms with E-state index in [0.717, 1.165) is 36.0 Å². The van der Waals surface area contributed by atoms with E-state index in [1.165, 1.54) is 70.6 Å². The van der Waals surface area contributed by atoms with Gasteiger partial charge in [-0.25, -0.2) is 4.79 Å². The smallest absolute Gasteiger partial charge is 0.339 e. The highest BCUT2D eigenvalue weighted by Crippen LogP contribution is 2.68. The summed E-state index contributed by atoms with van der Waals surface area (Å²) in [5.74, 6) is 5.49. The summed E-state index contributed by atoms with van der Waals surface area (Å²) in [5.41, 5.74) is 1.23. The summed E-state index contributed by atoms with van der Waals surface area (Å²) in [7, 11) is 0. The zero-order valence-corrected chi connectivity index (χ0v) is 23.7. The van der Waals surface area contributed by atoms with Crippen LogP contribution in [-0.2, 0) is 4.74 Å². The first-order valence-electron chi connectivity index (χ1n) is 15.4. The Balaban J connectivity index is 1.33. The van der Waals surface area contributed by atoms with Crippen molar-refractivity contribution in [3.8, 4) is 0 Å². The number of esters is 1. The first kappa shape index (κ1) is 26.2. The second-order valence-corrected chi connectivity index (χ2v) is 14.1. The summed E-state index contributed by atoms with van der Waals surface area (Å²) in [4.78, 5) is 17.3.